The van der Waals surface area contributed by atoms with Crippen molar-refractivity contribution in [2.24, 2.45) is 0 Å². The first-order valence-electron chi connectivity index (χ1n) is 22.0. The molecular weight excluding hydrogens is 725 g/mol. The molecule has 0 heterocycles. The second-order valence-electron chi connectivity index (χ2n) is 15.7. The van der Waals surface area contributed by atoms with Crippen LogP contribution in [-0.4, -0.2) is 70.0 Å². The smallest absolute Gasteiger partial charge is 0.306 e. The average molecular weight is 808 g/mol. The molecular formula is C46H82NO8P. The third-order valence-corrected chi connectivity index (χ3v) is 9.99. The Balaban J connectivity index is 4.43. The number of esters is 2. The summed E-state index contributed by atoms with van der Waals surface area (Å²) in [6, 6.07) is 0. The number of rotatable bonds is 39. The topological polar surface area (TPSA) is 111 Å². The van der Waals surface area contributed by atoms with Crippen LogP contribution in [0.1, 0.15) is 168 Å². The standard InChI is InChI=1S/C46H82NO8P/c1-6-8-10-12-14-16-18-20-22-23-25-26-28-30-32-34-36-38-45(48)52-42-44(43-54-56(50,51)53-41-40-47(3,4)5)55-46(49)39-37-35-33-31-29-27-24-21-19-17-15-13-11-9-7-2/h9,11,15,17,20-22,24,29,31,44H,6-8,10,12-14,16,18-19,23,25-28,30,32-43H2,1-5H3/b11-9+,17-15+,22-20+,24-21+,31-29+/t44-/m1/s1. The zero-order chi connectivity index (χ0) is 41.4. The van der Waals surface area contributed by atoms with Gasteiger partial charge < -0.3 is 27.9 Å². The van der Waals surface area contributed by atoms with Gasteiger partial charge in [-0.2, -0.15) is 0 Å². The first-order chi connectivity index (χ1) is 27.0. The van der Waals surface area contributed by atoms with Gasteiger partial charge in [-0.1, -0.05) is 139 Å². The van der Waals surface area contributed by atoms with E-state index in [0.717, 1.165) is 70.6 Å². The summed E-state index contributed by atoms with van der Waals surface area (Å²) in [5.74, 6) is -0.892. The Morgan fingerprint density at radius 1 is 0.571 bits per heavy atom. The van der Waals surface area contributed by atoms with Crippen LogP contribution in [0, 0.1) is 0 Å². The number of allylic oxidation sites excluding steroid dienone is 10. The lowest BCUT2D eigenvalue weighted by Crippen LogP contribution is -2.37. The summed E-state index contributed by atoms with van der Waals surface area (Å²) in [7, 11) is 1.13. The molecule has 324 valence electrons. The van der Waals surface area contributed by atoms with E-state index in [1.165, 1.54) is 64.2 Å². The van der Waals surface area contributed by atoms with Crippen molar-refractivity contribution in [2.75, 3.05) is 47.5 Å². The van der Waals surface area contributed by atoms with Gasteiger partial charge in [-0.3, -0.25) is 14.2 Å². The molecule has 0 aliphatic rings. The van der Waals surface area contributed by atoms with Crippen LogP contribution in [0.4, 0.5) is 0 Å². The maximum Gasteiger partial charge on any atom is 0.306 e. The Labute approximate surface area is 343 Å². The molecule has 0 radical (unpaired) electrons. The molecule has 0 rings (SSSR count). The van der Waals surface area contributed by atoms with Crippen LogP contribution in [-0.2, 0) is 32.7 Å². The Kier molecular flexibility index (Phi) is 36.7. The predicted octanol–water partition coefficient (Wildman–Crippen LogP) is 11.8. The van der Waals surface area contributed by atoms with Crippen molar-refractivity contribution in [3.63, 3.8) is 0 Å². The Hall–Kier alpha value is -2.29. The van der Waals surface area contributed by atoms with E-state index in [-0.39, 0.29) is 26.1 Å². The number of quaternary nitrogens is 1. The molecule has 10 heteroatoms. The van der Waals surface area contributed by atoms with E-state index < -0.39 is 32.5 Å². The van der Waals surface area contributed by atoms with Gasteiger partial charge in [0, 0.05) is 12.8 Å². The third kappa shape index (κ3) is 41.3. The van der Waals surface area contributed by atoms with Crippen LogP contribution < -0.4 is 4.89 Å². The van der Waals surface area contributed by atoms with E-state index in [0.29, 0.717) is 17.4 Å². The maximum atomic E-state index is 12.6. The van der Waals surface area contributed by atoms with Gasteiger partial charge in [0.2, 0.25) is 0 Å². The van der Waals surface area contributed by atoms with Crippen LogP contribution >= 0.6 is 7.82 Å². The quantitative estimate of drug-likeness (QED) is 0.0198. The molecule has 0 aliphatic heterocycles. The summed E-state index contributed by atoms with van der Waals surface area (Å²) in [6.07, 6.45) is 45.4. The van der Waals surface area contributed by atoms with Gasteiger partial charge in [0.25, 0.3) is 7.82 Å². The van der Waals surface area contributed by atoms with Crippen LogP contribution in [0.2, 0.25) is 0 Å². The highest BCUT2D eigenvalue weighted by Gasteiger charge is 2.21. The highest BCUT2D eigenvalue weighted by Crippen LogP contribution is 2.38. The second-order valence-corrected chi connectivity index (χ2v) is 17.1. The van der Waals surface area contributed by atoms with Gasteiger partial charge >= 0.3 is 11.9 Å². The molecule has 0 saturated carbocycles. The molecule has 56 heavy (non-hydrogen) atoms. The third-order valence-electron chi connectivity index (χ3n) is 9.02. The lowest BCUT2D eigenvalue weighted by molar-refractivity contribution is -0.870. The molecule has 0 aliphatic carbocycles. The van der Waals surface area contributed by atoms with E-state index in [2.05, 4.69) is 74.6 Å². The number of unbranched alkanes of at least 4 members (excludes halogenated alkanes) is 15. The highest BCUT2D eigenvalue weighted by atomic mass is 31.2. The van der Waals surface area contributed by atoms with E-state index in [1.807, 2.05) is 21.1 Å². The van der Waals surface area contributed by atoms with E-state index in [9.17, 15) is 19.0 Å². The Morgan fingerprint density at radius 2 is 1.02 bits per heavy atom. The first kappa shape index (κ1) is 53.7. The van der Waals surface area contributed by atoms with Gasteiger partial charge in [-0.25, -0.2) is 0 Å². The predicted molar refractivity (Wildman–Crippen MR) is 231 cm³/mol. The van der Waals surface area contributed by atoms with Crippen molar-refractivity contribution in [3.8, 4) is 0 Å². The van der Waals surface area contributed by atoms with Crippen LogP contribution in [0.3, 0.4) is 0 Å². The second kappa shape index (κ2) is 38.2. The highest BCUT2D eigenvalue weighted by molar-refractivity contribution is 7.45. The molecule has 0 aromatic rings. The zero-order valence-corrected chi connectivity index (χ0v) is 37.2. The summed E-state index contributed by atoms with van der Waals surface area (Å²) in [5.41, 5.74) is 0. The summed E-state index contributed by atoms with van der Waals surface area (Å²) in [6.45, 7) is 4.04. The zero-order valence-electron chi connectivity index (χ0n) is 36.3. The number of hydrogen-bond acceptors (Lipinski definition) is 8. The minimum atomic E-state index is -4.64. The van der Waals surface area contributed by atoms with Crippen molar-refractivity contribution in [1.29, 1.82) is 0 Å². The monoisotopic (exact) mass is 808 g/mol. The van der Waals surface area contributed by atoms with Crippen LogP contribution in [0.25, 0.3) is 0 Å². The number of carbonyl (C=O) groups excluding carboxylic acids is 2. The average Bonchev–Trinajstić information content (AvgIpc) is 3.15. The molecule has 0 spiro atoms. The molecule has 0 amide bonds. The molecule has 0 aromatic carbocycles. The number of nitrogens with zero attached hydrogens (tertiary/aromatic N) is 1. The molecule has 0 saturated heterocycles. The Morgan fingerprint density at radius 3 is 1.57 bits per heavy atom. The molecule has 0 aromatic heterocycles. The number of hydrogen-bond donors (Lipinski definition) is 0. The first-order valence-corrected chi connectivity index (χ1v) is 23.5. The lowest BCUT2D eigenvalue weighted by atomic mass is 10.1. The minimum Gasteiger partial charge on any atom is -0.756 e. The van der Waals surface area contributed by atoms with Crippen molar-refractivity contribution in [2.45, 2.75) is 174 Å². The van der Waals surface area contributed by atoms with Gasteiger partial charge in [0.15, 0.2) is 6.10 Å². The largest absolute Gasteiger partial charge is 0.756 e. The maximum absolute atomic E-state index is 12.6. The molecule has 0 fully saturated rings. The normalized spacial score (nSPS) is 14.2. The van der Waals surface area contributed by atoms with Crippen molar-refractivity contribution < 1.29 is 42.1 Å². The molecule has 2 atom stereocenters. The fraction of sp³-hybridized carbons (Fsp3) is 0.739. The van der Waals surface area contributed by atoms with Gasteiger partial charge in [0.05, 0.1) is 27.7 Å². The van der Waals surface area contributed by atoms with Crippen LogP contribution in [0.5, 0.6) is 0 Å². The molecule has 0 N–H and O–H groups in total. The number of phosphoric ester groups is 1. The van der Waals surface area contributed by atoms with Crippen molar-refractivity contribution >= 4 is 19.8 Å². The number of phosphoric acid groups is 1. The van der Waals surface area contributed by atoms with Gasteiger partial charge in [-0.15, -0.1) is 0 Å². The number of ether oxygens (including phenoxy) is 2. The number of likely N-dealkylation sites (N-methyl/N-ethyl adjacent to an activating group) is 1. The summed E-state index contributed by atoms with van der Waals surface area (Å²) in [5, 5.41) is 0. The lowest BCUT2D eigenvalue weighted by Gasteiger charge is -2.28. The molecule has 0 bridgehead atoms. The summed E-state index contributed by atoms with van der Waals surface area (Å²) in [4.78, 5) is 37.5. The SMILES string of the molecule is CC/C=C/C/C=C/C/C=C/C/C=C/CCCCC(=O)O[C@H](COC(=O)CCCCCCCCC/C=C/CCCCCCCC)COP(=O)([O-])OCC[N+](C)(C)C. The molecule has 1 unspecified atom stereocenters. The summed E-state index contributed by atoms with van der Waals surface area (Å²) >= 11 is 0. The van der Waals surface area contributed by atoms with E-state index in [4.69, 9.17) is 18.5 Å². The van der Waals surface area contributed by atoms with E-state index in [1.54, 1.807) is 0 Å². The fourth-order valence-electron chi connectivity index (χ4n) is 5.58. The fourth-order valence-corrected chi connectivity index (χ4v) is 6.31. The van der Waals surface area contributed by atoms with Gasteiger partial charge in [-0.05, 0) is 77.0 Å². The van der Waals surface area contributed by atoms with Crippen molar-refractivity contribution in [3.05, 3.63) is 60.8 Å². The molecule has 9 nitrogen and oxygen atoms in total. The van der Waals surface area contributed by atoms with Crippen LogP contribution in [0.15, 0.2) is 60.8 Å². The summed E-state index contributed by atoms with van der Waals surface area (Å²) < 4.78 is 33.8. The van der Waals surface area contributed by atoms with Crippen molar-refractivity contribution in [1.82, 2.24) is 0 Å². The Bertz CT molecular complexity index is 1140. The van der Waals surface area contributed by atoms with Gasteiger partial charge in [0.1, 0.15) is 19.8 Å². The number of carbonyl (C=O) groups is 2. The minimum absolute atomic E-state index is 0.0420. The van der Waals surface area contributed by atoms with E-state index >= 15 is 0 Å².